The smallest absolute Gasteiger partial charge is 0.317 e. The average Bonchev–Trinajstić information content (AvgIpc) is 2.98. The van der Waals surface area contributed by atoms with Crippen LogP contribution in [0.25, 0.3) is 0 Å². The SMILES string of the molecule is CCNC(=O)N1CCC2(CC1)SCCN2C(=O)c1cccc(F)c1. The summed E-state index contributed by atoms with van der Waals surface area (Å²) >= 11 is 1.78. The summed E-state index contributed by atoms with van der Waals surface area (Å²) in [5.41, 5.74) is 0.392. The Labute approximate surface area is 145 Å². The fraction of sp³-hybridized carbons (Fsp3) is 0.529. The van der Waals surface area contributed by atoms with Gasteiger partial charge in [-0.3, -0.25) is 4.79 Å². The Hall–Kier alpha value is -1.76. The van der Waals surface area contributed by atoms with Crippen LogP contribution in [-0.2, 0) is 0 Å². The van der Waals surface area contributed by atoms with Crippen molar-refractivity contribution in [2.24, 2.45) is 0 Å². The maximum absolute atomic E-state index is 13.4. The molecular weight excluding hydrogens is 329 g/mol. The van der Waals surface area contributed by atoms with E-state index in [-0.39, 0.29) is 16.8 Å². The second-order valence-corrected chi connectivity index (χ2v) is 7.54. The predicted molar refractivity (Wildman–Crippen MR) is 92.5 cm³/mol. The lowest BCUT2D eigenvalue weighted by molar-refractivity contribution is 0.0580. The number of likely N-dealkylation sites (tertiary alicyclic amines) is 1. The number of hydrogen-bond donors (Lipinski definition) is 1. The summed E-state index contributed by atoms with van der Waals surface area (Å²) in [5.74, 6) is 0.362. The van der Waals surface area contributed by atoms with E-state index < -0.39 is 5.82 Å². The molecule has 2 aliphatic heterocycles. The van der Waals surface area contributed by atoms with Gasteiger partial charge in [-0.25, -0.2) is 9.18 Å². The van der Waals surface area contributed by atoms with E-state index in [0.717, 1.165) is 18.6 Å². The normalized spacial score (nSPS) is 19.6. The van der Waals surface area contributed by atoms with Crippen molar-refractivity contribution in [3.05, 3.63) is 35.6 Å². The van der Waals surface area contributed by atoms with Crippen LogP contribution in [0.15, 0.2) is 24.3 Å². The van der Waals surface area contributed by atoms with Gasteiger partial charge in [0.05, 0.1) is 4.87 Å². The molecule has 1 aromatic carbocycles. The van der Waals surface area contributed by atoms with E-state index in [1.54, 1.807) is 28.8 Å². The lowest BCUT2D eigenvalue weighted by Crippen LogP contribution is -2.55. The molecule has 0 bridgehead atoms. The highest BCUT2D eigenvalue weighted by molar-refractivity contribution is 8.00. The number of benzene rings is 1. The maximum Gasteiger partial charge on any atom is 0.317 e. The van der Waals surface area contributed by atoms with Crippen LogP contribution >= 0.6 is 11.8 Å². The third kappa shape index (κ3) is 3.22. The Morgan fingerprint density at radius 1 is 1.29 bits per heavy atom. The van der Waals surface area contributed by atoms with Crippen molar-refractivity contribution in [3.63, 3.8) is 0 Å². The van der Waals surface area contributed by atoms with Gasteiger partial charge in [0.25, 0.3) is 5.91 Å². The summed E-state index contributed by atoms with van der Waals surface area (Å²) in [7, 11) is 0. The molecule has 24 heavy (non-hydrogen) atoms. The number of amides is 3. The summed E-state index contributed by atoms with van der Waals surface area (Å²) < 4.78 is 13.4. The van der Waals surface area contributed by atoms with Crippen LogP contribution in [0, 0.1) is 5.82 Å². The number of carbonyl (C=O) groups is 2. The molecule has 0 saturated carbocycles. The van der Waals surface area contributed by atoms with Gasteiger partial charge in [0, 0.05) is 37.5 Å². The van der Waals surface area contributed by atoms with Gasteiger partial charge in [-0.05, 0) is 38.0 Å². The highest BCUT2D eigenvalue weighted by Crippen LogP contribution is 2.44. The zero-order valence-corrected chi connectivity index (χ0v) is 14.6. The molecule has 2 aliphatic rings. The molecule has 7 heteroatoms. The Morgan fingerprint density at radius 2 is 2.04 bits per heavy atom. The summed E-state index contributed by atoms with van der Waals surface area (Å²) in [6, 6.07) is 5.82. The van der Waals surface area contributed by atoms with Gasteiger partial charge >= 0.3 is 6.03 Å². The van der Waals surface area contributed by atoms with Crippen LogP contribution in [0.2, 0.25) is 0 Å². The number of rotatable bonds is 2. The van der Waals surface area contributed by atoms with E-state index in [4.69, 9.17) is 0 Å². The Balaban J connectivity index is 1.72. The van der Waals surface area contributed by atoms with Gasteiger partial charge in [-0.2, -0.15) is 0 Å². The zero-order chi connectivity index (χ0) is 17.2. The Kier molecular flexibility index (Phi) is 4.99. The highest BCUT2D eigenvalue weighted by atomic mass is 32.2. The van der Waals surface area contributed by atoms with Crippen LogP contribution in [0.5, 0.6) is 0 Å². The molecule has 0 atom stereocenters. The zero-order valence-electron chi connectivity index (χ0n) is 13.8. The van der Waals surface area contributed by atoms with Crippen LogP contribution < -0.4 is 5.32 Å². The fourth-order valence-electron chi connectivity index (χ4n) is 3.41. The van der Waals surface area contributed by atoms with Gasteiger partial charge in [-0.1, -0.05) is 6.07 Å². The third-order valence-corrected chi connectivity index (χ3v) is 6.21. The van der Waals surface area contributed by atoms with Gasteiger partial charge in [0.15, 0.2) is 0 Å². The van der Waals surface area contributed by atoms with Crippen molar-refractivity contribution in [1.82, 2.24) is 15.1 Å². The van der Waals surface area contributed by atoms with Crippen molar-refractivity contribution >= 4 is 23.7 Å². The molecule has 2 fully saturated rings. The molecule has 130 valence electrons. The molecule has 2 saturated heterocycles. The highest BCUT2D eigenvalue weighted by Gasteiger charge is 2.47. The van der Waals surface area contributed by atoms with Crippen molar-refractivity contribution in [3.8, 4) is 0 Å². The van der Waals surface area contributed by atoms with E-state index >= 15 is 0 Å². The standard InChI is InChI=1S/C17H22FN3O2S/c1-2-19-16(23)20-8-6-17(7-9-20)21(10-11-24-17)15(22)13-4-3-5-14(18)12-13/h3-5,12H,2,6-11H2,1H3,(H,19,23). The molecule has 3 amide bonds. The lowest BCUT2D eigenvalue weighted by atomic mass is 10.0. The molecule has 0 aliphatic carbocycles. The van der Waals surface area contributed by atoms with Crippen molar-refractivity contribution in [1.29, 1.82) is 0 Å². The summed E-state index contributed by atoms with van der Waals surface area (Å²) in [5, 5.41) is 2.82. The van der Waals surface area contributed by atoms with E-state index in [1.165, 1.54) is 12.1 Å². The largest absolute Gasteiger partial charge is 0.338 e. The monoisotopic (exact) mass is 351 g/mol. The fourth-order valence-corrected chi connectivity index (χ4v) is 4.86. The minimum absolute atomic E-state index is 0.0432. The first kappa shape index (κ1) is 17.1. The Morgan fingerprint density at radius 3 is 2.71 bits per heavy atom. The Bertz CT molecular complexity index is 632. The van der Waals surface area contributed by atoms with E-state index in [0.29, 0.717) is 31.7 Å². The molecule has 2 heterocycles. The number of hydrogen-bond acceptors (Lipinski definition) is 3. The minimum Gasteiger partial charge on any atom is -0.338 e. The first-order chi connectivity index (χ1) is 11.6. The number of carbonyl (C=O) groups excluding carboxylic acids is 2. The predicted octanol–water partition coefficient (Wildman–Crippen LogP) is 2.54. The average molecular weight is 351 g/mol. The first-order valence-electron chi connectivity index (χ1n) is 8.30. The van der Waals surface area contributed by atoms with E-state index in [2.05, 4.69) is 5.32 Å². The van der Waals surface area contributed by atoms with Crippen molar-refractivity contribution in [2.75, 3.05) is 31.9 Å². The van der Waals surface area contributed by atoms with Crippen LogP contribution in [0.1, 0.15) is 30.1 Å². The molecule has 5 nitrogen and oxygen atoms in total. The van der Waals surface area contributed by atoms with E-state index in [1.807, 2.05) is 11.8 Å². The van der Waals surface area contributed by atoms with Crippen LogP contribution in [0.3, 0.4) is 0 Å². The van der Waals surface area contributed by atoms with Gasteiger partial charge in [0.2, 0.25) is 0 Å². The first-order valence-corrected chi connectivity index (χ1v) is 9.28. The van der Waals surface area contributed by atoms with Crippen molar-refractivity contribution < 1.29 is 14.0 Å². The maximum atomic E-state index is 13.4. The number of nitrogens with zero attached hydrogens (tertiary/aromatic N) is 2. The summed E-state index contributed by atoms with van der Waals surface area (Å²) in [6.07, 6.45) is 1.49. The minimum atomic E-state index is -0.396. The van der Waals surface area contributed by atoms with Crippen LogP contribution in [-0.4, -0.2) is 58.5 Å². The quantitative estimate of drug-likeness (QED) is 0.891. The lowest BCUT2D eigenvalue weighted by Gasteiger charge is -2.44. The third-order valence-electron chi connectivity index (χ3n) is 4.65. The van der Waals surface area contributed by atoms with Crippen molar-refractivity contribution in [2.45, 2.75) is 24.6 Å². The molecule has 0 radical (unpaired) electrons. The van der Waals surface area contributed by atoms with E-state index in [9.17, 15) is 14.0 Å². The van der Waals surface area contributed by atoms with Gasteiger partial charge in [-0.15, -0.1) is 11.8 Å². The molecule has 0 unspecified atom stereocenters. The number of piperidine rings is 1. The summed E-state index contributed by atoms with van der Waals surface area (Å²) in [6.45, 7) is 4.44. The number of nitrogens with one attached hydrogen (secondary N) is 1. The van der Waals surface area contributed by atoms with Gasteiger partial charge < -0.3 is 15.1 Å². The van der Waals surface area contributed by atoms with Crippen LogP contribution in [0.4, 0.5) is 9.18 Å². The molecule has 1 spiro atoms. The number of halogens is 1. The second kappa shape index (κ2) is 7.01. The molecular formula is C17H22FN3O2S. The molecule has 3 rings (SSSR count). The number of urea groups is 1. The molecule has 0 aromatic heterocycles. The summed E-state index contributed by atoms with van der Waals surface area (Å²) in [4.78, 5) is 28.2. The second-order valence-electron chi connectivity index (χ2n) is 6.08. The molecule has 1 N–H and O–H groups in total. The van der Waals surface area contributed by atoms with Gasteiger partial charge in [0.1, 0.15) is 5.82 Å². The number of thioether (sulfide) groups is 1. The molecule has 1 aromatic rings. The topological polar surface area (TPSA) is 52.7 Å².